The molecule has 3 aromatic rings. The summed E-state index contributed by atoms with van der Waals surface area (Å²) in [4.78, 5) is 35.9. The molecule has 0 fully saturated rings. The monoisotopic (exact) mass is 368 g/mol. The third-order valence-corrected chi connectivity index (χ3v) is 4.27. The van der Waals surface area contributed by atoms with Crippen LogP contribution in [0.5, 0.6) is 5.75 Å². The summed E-state index contributed by atoms with van der Waals surface area (Å²) >= 11 is 0. The molecule has 27 heavy (non-hydrogen) atoms. The van der Waals surface area contributed by atoms with E-state index in [2.05, 4.69) is 5.32 Å². The molecule has 138 valence electrons. The predicted octanol–water partition coefficient (Wildman–Crippen LogP) is 2.37. The van der Waals surface area contributed by atoms with Gasteiger partial charge in [-0.05, 0) is 42.3 Å². The van der Waals surface area contributed by atoms with Gasteiger partial charge in [0.25, 0.3) is 11.5 Å². The van der Waals surface area contributed by atoms with Crippen molar-refractivity contribution in [2.24, 2.45) is 7.05 Å². The van der Waals surface area contributed by atoms with E-state index in [9.17, 15) is 23.9 Å². The number of hydrogen-bond acceptors (Lipinski definition) is 4. The van der Waals surface area contributed by atoms with Gasteiger partial charge in [0.15, 0.2) is 0 Å². The molecule has 2 N–H and O–H groups in total. The number of aromatic hydroxyl groups is 1. The summed E-state index contributed by atoms with van der Waals surface area (Å²) in [6.07, 6.45) is 0. The van der Waals surface area contributed by atoms with Gasteiger partial charge in [-0.1, -0.05) is 18.2 Å². The molecular weight excluding hydrogens is 351 g/mol. The summed E-state index contributed by atoms with van der Waals surface area (Å²) in [7, 11) is 1.49. The van der Waals surface area contributed by atoms with Gasteiger partial charge < -0.3 is 15.0 Å². The molecule has 0 saturated carbocycles. The Bertz CT molecular complexity index is 1120. The maximum atomic E-state index is 13.1. The van der Waals surface area contributed by atoms with Gasteiger partial charge in [0.05, 0.1) is 12.1 Å². The largest absolute Gasteiger partial charge is 0.506 e. The second-order valence-corrected chi connectivity index (χ2v) is 6.21. The number of nitrogens with zero attached hydrogens (tertiary/aromatic N) is 1. The molecule has 2 aromatic carbocycles. The number of amides is 1. The van der Waals surface area contributed by atoms with E-state index >= 15 is 0 Å². The Balaban J connectivity index is 2.18. The minimum absolute atomic E-state index is 0.241. The van der Waals surface area contributed by atoms with Gasteiger partial charge in [0.2, 0.25) is 0 Å². The number of hydrogen-bond donors (Lipinski definition) is 2. The predicted molar refractivity (Wildman–Crippen MR) is 99.3 cm³/mol. The number of aryl methyl sites for hydroxylation is 1. The maximum Gasteiger partial charge on any atom is 0.267 e. The SMILES string of the molecule is CC(=O)CNC(=O)c1c(O)c2cc(-c3ccc(F)cc3)ccc2n(C)c1=O. The topological polar surface area (TPSA) is 88.4 Å². The first-order chi connectivity index (χ1) is 12.8. The number of ketones is 1. The average molecular weight is 368 g/mol. The van der Waals surface area contributed by atoms with Crippen molar-refractivity contribution in [3.63, 3.8) is 0 Å². The van der Waals surface area contributed by atoms with Gasteiger partial charge in [-0.2, -0.15) is 0 Å². The third kappa shape index (κ3) is 3.44. The molecule has 0 unspecified atom stereocenters. The first kappa shape index (κ1) is 18.3. The number of benzene rings is 2. The normalized spacial score (nSPS) is 10.8. The molecule has 1 aromatic heterocycles. The summed E-state index contributed by atoms with van der Waals surface area (Å²) in [5.74, 6) is -1.93. The van der Waals surface area contributed by atoms with Crippen LogP contribution in [-0.4, -0.2) is 27.9 Å². The zero-order chi connectivity index (χ0) is 19.7. The van der Waals surface area contributed by atoms with Crippen molar-refractivity contribution in [2.45, 2.75) is 6.92 Å². The molecule has 0 spiro atoms. The number of rotatable bonds is 4. The van der Waals surface area contributed by atoms with Gasteiger partial charge in [0, 0.05) is 12.4 Å². The molecule has 0 radical (unpaired) electrons. The lowest BCUT2D eigenvalue weighted by Crippen LogP contribution is -2.34. The van der Waals surface area contributed by atoms with Crippen LogP contribution in [0.25, 0.3) is 22.0 Å². The van der Waals surface area contributed by atoms with Gasteiger partial charge in [0.1, 0.15) is 22.9 Å². The molecule has 0 aliphatic heterocycles. The Morgan fingerprint density at radius 1 is 1.11 bits per heavy atom. The quantitative estimate of drug-likeness (QED) is 0.740. The number of pyridine rings is 1. The van der Waals surface area contributed by atoms with Crippen molar-refractivity contribution in [1.29, 1.82) is 0 Å². The number of carbonyl (C=O) groups is 2. The van der Waals surface area contributed by atoms with Crippen molar-refractivity contribution in [3.05, 3.63) is 64.2 Å². The van der Waals surface area contributed by atoms with Crippen LogP contribution in [0.4, 0.5) is 4.39 Å². The summed E-state index contributed by atoms with van der Waals surface area (Å²) in [6, 6.07) is 10.8. The van der Waals surface area contributed by atoms with Crippen molar-refractivity contribution in [2.75, 3.05) is 6.54 Å². The van der Waals surface area contributed by atoms with Crippen molar-refractivity contribution < 1.29 is 19.1 Å². The first-order valence-electron chi connectivity index (χ1n) is 8.19. The number of aromatic nitrogens is 1. The molecule has 0 bridgehead atoms. The summed E-state index contributed by atoms with van der Waals surface area (Å²) in [5, 5.41) is 13.2. The van der Waals surface area contributed by atoms with Crippen LogP contribution < -0.4 is 10.9 Å². The Morgan fingerprint density at radius 3 is 2.37 bits per heavy atom. The van der Waals surface area contributed by atoms with Crippen LogP contribution in [0, 0.1) is 5.82 Å². The maximum absolute atomic E-state index is 13.1. The first-order valence-corrected chi connectivity index (χ1v) is 8.19. The van der Waals surface area contributed by atoms with E-state index in [0.717, 1.165) is 0 Å². The smallest absolute Gasteiger partial charge is 0.267 e. The van der Waals surface area contributed by atoms with E-state index in [-0.39, 0.29) is 18.1 Å². The highest BCUT2D eigenvalue weighted by Crippen LogP contribution is 2.30. The number of fused-ring (bicyclic) bond motifs is 1. The van der Waals surface area contributed by atoms with E-state index in [1.54, 1.807) is 30.3 Å². The Labute approximate surface area is 153 Å². The van der Waals surface area contributed by atoms with E-state index < -0.39 is 22.8 Å². The van der Waals surface area contributed by atoms with Gasteiger partial charge in [-0.3, -0.25) is 14.4 Å². The van der Waals surface area contributed by atoms with Crippen LogP contribution >= 0.6 is 0 Å². The lowest BCUT2D eigenvalue weighted by Gasteiger charge is -2.13. The van der Waals surface area contributed by atoms with Crippen LogP contribution in [0.15, 0.2) is 47.3 Å². The number of Topliss-reactive ketones (excluding diaryl/α,β-unsaturated/α-hetero) is 1. The van der Waals surface area contributed by atoms with Gasteiger partial charge >= 0.3 is 0 Å². The second-order valence-electron chi connectivity index (χ2n) is 6.21. The minimum Gasteiger partial charge on any atom is -0.506 e. The highest BCUT2D eigenvalue weighted by molar-refractivity contribution is 6.04. The van der Waals surface area contributed by atoms with Crippen molar-refractivity contribution in [1.82, 2.24) is 9.88 Å². The average Bonchev–Trinajstić information content (AvgIpc) is 2.65. The second kappa shape index (κ2) is 7.03. The summed E-state index contributed by atoms with van der Waals surface area (Å²) in [6.45, 7) is 1.06. The minimum atomic E-state index is -0.822. The molecule has 1 amide bonds. The molecular formula is C20H17FN2O4. The molecule has 0 saturated heterocycles. The fraction of sp³-hybridized carbons (Fsp3) is 0.150. The lowest BCUT2D eigenvalue weighted by molar-refractivity contribution is -0.116. The van der Waals surface area contributed by atoms with Gasteiger partial charge in [-0.15, -0.1) is 0 Å². The van der Waals surface area contributed by atoms with Crippen LogP contribution in [0.2, 0.25) is 0 Å². The molecule has 3 rings (SSSR count). The molecule has 7 heteroatoms. The molecule has 0 aliphatic rings. The molecule has 1 heterocycles. The zero-order valence-corrected chi connectivity index (χ0v) is 14.7. The number of carbonyl (C=O) groups excluding carboxylic acids is 2. The highest BCUT2D eigenvalue weighted by atomic mass is 19.1. The Kier molecular flexibility index (Phi) is 4.77. The van der Waals surface area contributed by atoms with Crippen LogP contribution in [0.1, 0.15) is 17.3 Å². The lowest BCUT2D eigenvalue weighted by atomic mass is 10.0. The standard InChI is InChI=1S/C20H17FN2O4/c1-11(24)10-22-19(26)17-18(25)15-9-13(12-3-6-14(21)7-4-12)5-8-16(15)23(2)20(17)27/h3-9,25H,10H2,1-2H3,(H,22,26). The van der Waals surface area contributed by atoms with E-state index in [4.69, 9.17) is 0 Å². The summed E-state index contributed by atoms with van der Waals surface area (Å²) < 4.78 is 14.4. The highest BCUT2D eigenvalue weighted by Gasteiger charge is 2.21. The third-order valence-electron chi connectivity index (χ3n) is 4.27. The van der Waals surface area contributed by atoms with Crippen molar-refractivity contribution in [3.8, 4) is 16.9 Å². The van der Waals surface area contributed by atoms with Crippen LogP contribution in [0.3, 0.4) is 0 Å². The van der Waals surface area contributed by atoms with Gasteiger partial charge in [-0.25, -0.2) is 4.39 Å². The van der Waals surface area contributed by atoms with E-state index in [1.807, 2.05) is 0 Å². The number of nitrogens with one attached hydrogen (secondary N) is 1. The zero-order valence-electron chi connectivity index (χ0n) is 14.7. The van der Waals surface area contributed by atoms with Crippen molar-refractivity contribution >= 4 is 22.6 Å². The fourth-order valence-electron chi connectivity index (χ4n) is 2.85. The molecule has 6 nitrogen and oxygen atoms in total. The Morgan fingerprint density at radius 2 is 1.74 bits per heavy atom. The fourth-order valence-corrected chi connectivity index (χ4v) is 2.85. The molecule has 0 aliphatic carbocycles. The molecule has 0 atom stereocenters. The van der Waals surface area contributed by atoms with Crippen LogP contribution in [-0.2, 0) is 11.8 Å². The van der Waals surface area contributed by atoms with E-state index in [0.29, 0.717) is 22.0 Å². The summed E-state index contributed by atoms with van der Waals surface area (Å²) in [5.41, 5.74) is 0.741. The number of halogens is 1. The Hall–Kier alpha value is -3.48. The van der Waals surface area contributed by atoms with E-state index in [1.165, 1.54) is 30.7 Å².